The third kappa shape index (κ3) is 2.68. The second-order valence-electron chi connectivity index (χ2n) is 2.50. The Balaban J connectivity index is 2.55. The van der Waals surface area contributed by atoms with Crippen LogP contribution in [0.3, 0.4) is 0 Å². The lowest BCUT2D eigenvalue weighted by atomic mass is 10.3. The number of carbonyl (C=O) groups excluding carboxylic acids is 1. The summed E-state index contributed by atoms with van der Waals surface area (Å²) in [5, 5.41) is 2.88. The Labute approximate surface area is 75.5 Å². The maximum absolute atomic E-state index is 11.0. The Morgan fingerprint density at radius 1 is 1.54 bits per heavy atom. The highest BCUT2D eigenvalue weighted by atomic mass is 16.2. The molecule has 0 bridgehead atoms. The predicted octanol–water partition coefficient (Wildman–Crippen LogP) is -0.733. The lowest BCUT2D eigenvalue weighted by molar-refractivity contribution is -0.121. The van der Waals surface area contributed by atoms with Crippen LogP contribution in [-0.2, 0) is 4.79 Å². The lowest BCUT2D eigenvalue weighted by Gasteiger charge is -2.11. The van der Waals surface area contributed by atoms with Crippen LogP contribution >= 0.6 is 0 Å². The number of rotatable bonds is 3. The van der Waals surface area contributed by atoms with Gasteiger partial charge in [-0.05, 0) is 6.92 Å². The van der Waals surface area contributed by atoms with Crippen molar-refractivity contribution in [2.75, 3.05) is 5.32 Å². The highest BCUT2D eigenvalue weighted by molar-refractivity contribution is 5.83. The summed E-state index contributed by atoms with van der Waals surface area (Å²) in [5.41, 5.74) is 2.72. The van der Waals surface area contributed by atoms with Gasteiger partial charge in [-0.25, -0.2) is 15.8 Å². The molecule has 1 atom stereocenters. The normalized spacial score (nSPS) is 11.8. The summed E-state index contributed by atoms with van der Waals surface area (Å²) in [6.07, 6.45) is 4.57. The van der Waals surface area contributed by atoms with Crippen molar-refractivity contribution in [3.8, 4) is 0 Å². The second kappa shape index (κ2) is 4.36. The first-order chi connectivity index (χ1) is 6.24. The van der Waals surface area contributed by atoms with Gasteiger partial charge in [-0.1, -0.05) is 0 Å². The fraction of sp³-hybridized carbons (Fsp3) is 0.286. The topological polar surface area (TPSA) is 92.9 Å². The average molecular weight is 181 g/mol. The quantitative estimate of drug-likeness (QED) is 0.324. The van der Waals surface area contributed by atoms with Crippen molar-refractivity contribution in [3.05, 3.63) is 18.7 Å². The minimum Gasteiger partial charge on any atom is -0.371 e. The number of hydrazine groups is 1. The highest BCUT2D eigenvalue weighted by Gasteiger charge is 2.10. The molecule has 0 aliphatic heterocycles. The molecule has 1 aromatic rings. The van der Waals surface area contributed by atoms with E-state index in [9.17, 15) is 4.79 Å². The number of amides is 1. The standard InChI is InChI=1S/C7H11N5O/c1-5(7(13)12-8)11-6-2-9-4-10-3-6/h2-5,11H,8H2,1H3,(H,12,13)/t5-/m1/s1. The van der Waals surface area contributed by atoms with Crippen molar-refractivity contribution < 1.29 is 4.79 Å². The lowest BCUT2D eigenvalue weighted by Crippen LogP contribution is -2.41. The Morgan fingerprint density at radius 3 is 2.69 bits per heavy atom. The minimum atomic E-state index is -0.406. The SMILES string of the molecule is C[C@@H](Nc1cncnc1)C(=O)NN. The molecule has 4 N–H and O–H groups in total. The molecule has 0 radical (unpaired) electrons. The maximum Gasteiger partial charge on any atom is 0.256 e. The van der Waals surface area contributed by atoms with E-state index >= 15 is 0 Å². The molecule has 0 saturated carbocycles. The van der Waals surface area contributed by atoms with Gasteiger partial charge in [0.1, 0.15) is 12.4 Å². The Bertz CT molecular complexity index is 275. The number of carbonyl (C=O) groups is 1. The first kappa shape index (κ1) is 9.40. The van der Waals surface area contributed by atoms with Crippen LogP contribution in [0.5, 0.6) is 0 Å². The molecule has 0 saturated heterocycles. The van der Waals surface area contributed by atoms with Gasteiger partial charge in [-0.3, -0.25) is 10.2 Å². The van der Waals surface area contributed by atoms with Crippen molar-refractivity contribution in [2.45, 2.75) is 13.0 Å². The molecular formula is C7H11N5O. The molecule has 1 heterocycles. The predicted molar refractivity (Wildman–Crippen MR) is 47.4 cm³/mol. The number of nitrogens with one attached hydrogen (secondary N) is 2. The summed E-state index contributed by atoms with van der Waals surface area (Å²) in [4.78, 5) is 18.5. The van der Waals surface area contributed by atoms with Gasteiger partial charge < -0.3 is 5.32 Å². The third-order valence-corrected chi connectivity index (χ3v) is 1.48. The molecule has 0 aliphatic rings. The van der Waals surface area contributed by atoms with E-state index in [1.54, 1.807) is 19.3 Å². The zero-order valence-corrected chi connectivity index (χ0v) is 7.19. The largest absolute Gasteiger partial charge is 0.371 e. The van der Waals surface area contributed by atoms with E-state index < -0.39 is 6.04 Å². The fourth-order valence-corrected chi connectivity index (χ4v) is 0.814. The van der Waals surface area contributed by atoms with E-state index in [1.165, 1.54) is 6.33 Å². The fourth-order valence-electron chi connectivity index (χ4n) is 0.814. The second-order valence-corrected chi connectivity index (χ2v) is 2.50. The van der Waals surface area contributed by atoms with Crippen LogP contribution in [0.2, 0.25) is 0 Å². The van der Waals surface area contributed by atoms with Gasteiger partial charge in [-0.2, -0.15) is 0 Å². The molecule has 1 aromatic heterocycles. The number of aromatic nitrogens is 2. The zero-order chi connectivity index (χ0) is 9.68. The summed E-state index contributed by atoms with van der Waals surface area (Å²) in [6, 6.07) is -0.406. The van der Waals surface area contributed by atoms with Crippen LogP contribution in [0.1, 0.15) is 6.92 Å². The zero-order valence-electron chi connectivity index (χ0n) is 7.19. The van der Waals surface area contributed by atoms with E-state index in [0.29, 0.717) is 5.69 Å². The van der Waals surface area contributed by atoms with E-state index in [-0.39, 0.29) is 5.91 Å². The molecule has 0 unspecified atom stereocenters. The van der Waals surface area contributed by atoms with E-state index in [1.807, 2.05) is 5.43 Å². The summed E-state index contributed by atoms with van der Waals surface area (Å²) >= 11 is 0. The van der Waals surface area contributed by atoms with Gasteiger partial charge in [0, 0.05) is 0 Å². The monoisotopic (exact) mass is 181 g/mol. The minimum absolute atomic E-state index is 0.288. The Hall–Kier alpha value is -1.69. The molecule has 13 heavy (non-hydrogen) atoms. The number of anilines is 1. The van der Waals surface area contributed by atoms with Crippen molar-refractivity contribution in [3.63, 3.8) is 0 Å². The van der Waals surface area contributed by atoms with Crippen LogP contribution in [0.15, 0.2) is 18.7 Å². The van der Waals surface area contributed by atoms with Crippen LogP contribution < -0.4 is 16.6 Å². The average Bonchev–Trinajstić information content (AvgIpc) is 2.18. The molecule has 0 aliphatic carbocycles. The maximum atomic E-state index is 11.0. The van der Waals surface area contributed by atoms with Gasteiger partial charge in [0.15, 0.2) is 0 Å². The van der Waals surface area contributed by atoms with Gasteiger partial charge in [0.05, 0.1) is 18.1 Å². The van der Waals surface area contributed by atoms with Crippen LogP contribution in [0.25, 0.3) is 0 Å². The summed E-state index contributed by atoms with van der Waals surface area (Å²) in [6.45, 7) is 1.69. The van der Waals surface area contributed by atoms with Crippen molar-refractivity contribution >= 4 is 11.6 Å². The highest BCUT2D eigenvalue weighted by Crippen LogP contribution is 2.02. The number of hydrogen-bond donors (Lipinski definition) is 3. The smallest absolute Gasteiger partial charge is 0.256 e. The molecule has 1 rings (SSSR count). The first-order valence-electron chi connectivity index (χ1n) is 3.76. The van der Waals surface area contributed by atoms with Crippen LogP contribution in [0, 0.1) is 0 Å². The molecule has 0 aromatic carbocycles. The van der Waals surface area contributed by atoms with Crippen molar-refractivity contribution in [2.24, 2.45) is 5.84 Å². The molecule has 6 heteroatoms. The van der Waals surface area contributed by atoms with E-state index in [0.717, 1.165) is 0 Å². The molecule has 0 fully saturated rings. The Kier molecular flexibility index (Phi) is 3.15. The molecule has 0 spiro atoms. The van der Waals surface area contributed by atoms with Gasteiger partial charge in [0.25, 0.3) is 5.91 Å². The summed E-state index contributed by atoms with van der Waals surface area (Å²) in [7, 11) is 0. The third-order valence-electron chi connectivity index (χ3n) is 1.48. The Morgan fingerprint density at radius 2 is 2.15 bits per heavy atom. The number of hydrogen-bond acceptors (Lipinski definition) is 5. The van der Waals surface area contributed by atoms with E-state index in [2.05, 4.69) is 15.3 Å². The van der Waals surface area contributed by atoms with Crippen molar-refractivity contribution in [1.82, 2.24) is 15.4 Å². The molecule has 1 amide bonds. The van der Waals surface area contributed by atoms with E-state index in [4.69, 9.17) is 5.84 Å². The summed E-state index contributed by atoms with van der Waals surface area (Å²) < 4.78 is 0. The first-order valence-corrected chi connectivity index (χ1v) is 3.76. The summed E-state index contributed by atoms with van der Waals surface area (Å²) in [5.74, 6) is 4.67. The van der Waals surface area contributed by atoms with Crippen LogP contribution in [-0.4, -0.2) is 21.9 Å². The van der Waals surface area contributed by atoms with Crippen LogP contribution in [0.4, 0.5) is 5.69 Å². The number of nitrogens with two attached hydrogens (primary N) is 1. The molecular weight excluding hydrogens is 170 g/mol. The number of nitrogens with zero attached hydrogens (tertiary/aromatic N) is 2. The molecule has 6 nitrogen and oxygen atoms in total. The van der Waals surface area contributed by atoms with Gasteiger partial charge in [0.2, 0.25) is 0 Å². The van der Waals surface area contributed by atoms with Crippen molar-refractivity contribution in [1.29, 1.82) is 0 Å². The van der Waals surface area contributed by atoms with Gasteiger partial charge in [-0.15, -0.1) is 0 Å². The molecule has 70 valence electrons. The van der Waals surface area contributed by atoms with Gasteiger partial charge >= 0.3 is 0 Å².